The van der Waals surface area contributed by atoms with Crippen LogP contribution in [0.2, 0.25) is 0 Å². The van der Waals surface area contributed by atoms with Crippen molar-refractivity contribution in [2.24, 2.45) is 0 Å². The second-order valence-corrected chi connectivity index (χ2v) is 5.54. The molecule has 0 aliphatic carbocycles. The average Bonchev–Trinajstić information content (AvgIpc) is 2.47. The van der Waals surface area contributed by atoms with Gasteiger partial charge in [-0.25, -0.2) is 8.78 Å². The molecule has 25 heavy (non-hydrogen) atoms. The molecule has 1 nitrogen and oxygen atoms in total. The van der Waals surface area contributed by atoms with Crippen molar-refractivity contribution in [3.8, 4) is 5.75 Å². The van der Waals surface area contributed by atoms with Gasteiger partial charge in [0.25, 0.3) is 0 Å². The standard InChI is InChI=1S/C18H15F5O.K/c1-10-7-13(8-11(2)17(10)20)14(18(21,22)23)5-3-12-4-6-16(24)15(19)9-12;/h3-9,14,24H,1-2H3;/q;+1/p-1/b5-3+;. The average molecular weight is 380 g/mol. The Bertz CT molecular complexity index is 761. The Morgan fingerprint density at radius 3 is 2.04 bits per heavy atom. The van der Waals surface area contributed by atoms with Gasteiger partial charge in [0, 0.05) is 0 Å². The van der Waals surface area contributed by atoms with E-state index in [1.807, 2.05) is 0 Å². The quantitative estimate of drug-likeness (QED) is 0.590. The maximum absolute atomic E-state index is 13.6. The minimum atomic E-state index is -4.59. The van der Waals surface area contributed by atoms with Crippen molar-refractivity contribution in [1.29, 1.82) is 0 Å². The van der Waals surface area contributed by atoms with Crippen LogP contribution in [-0.4, -0.2) is 6.18 Å². The van der Waals surface area contributed by atoms with Crippen LogP contribution >= 0.6 is 0 Å². The van der Waals surface area contributed by atoms with Crippen molar-refractivity contribution >= 4 is 6.08 Å². The van der Waals surface area contributed by atoms with Crippen LogP contribution in [0.25, 0.3) is 6.08 Å². The number of benzene rings is 2. The molecule has 1 atom stereocenters. The van der Waals surface area contributed by atoms with E-state index in [-0.39, 0.29) is 73.6 Å². The fourth-order valence-corrected chi connectivity index (χ4v) is 2.40. The molecule has 0 N–H and O–H groups in total. The van der Waals surface area contributed by atoms with Crippen molar-refractivity contribution < 1.29 is 78.4 Å². The fraction of sp³-hybridized carbons (Fsp3) is 0.222. The Morgan fingerprint density at radius 1 is 1.00 bits per heavy atom. The summed E-state index contributed by atoms with van der Waals surface area (Å²) >= 11 is 0. The predicted octanol–water partition coefficient (Wildman–Crippen LogP) is 2.02. The third-order valence-corrected chi connectivity index (χ3v) is 3.61. The summed E-state index contributed by atoms with van der Waals surface area (Å²) in [5.41, 5.74) is 0.275. The summed E-state index contributed by atoms with van der Waals surface area (Å²) in [4.78, 5) is 0. The van der Waals surface area contributed by atoms with Gasteiger partial charge in [0.15, 0.2) is 0 Å². The van der Waals surface area contributed by atoms with Crippen molar-refractivity contribution in [3.63, 3.8) is 0 Å². The molecule has 0 bridgehead atoms. The largest absolute Gasteiger partial charge is 1.00 e. The molecule has 2 rings (SSSR count). The van der Waals surface area contributed by atoms with E-state index in [1.54, 1.807) is 0 Å². The molecule has 7 heteroatoms. The maximum Gasteiger partial charge on any atom is 1.00 e. The zero-order valence-electron chi connectivity index (χ0n) is 13.9. The summed E-state index contributed by atoms with van der Waals surface area (Å²) in [6.45, 7) is 2.79. The van der Waals surface area contributed by atoms with E-state index in [0.717, 1.165) is 36.4 Å². The van der Waals surface area contributed by atoms with Gasteiger partial charge in [-0.05, 0) is 42.2 Å². The number of aryl methyl sites for hydroxylation is 2. The van der Waals surface area contributed by atoms with Crippen LogP contribution < -0.4 is 56.5 Å². The zero-order valence-corrected chi connectivity index (χ0v) is 17.0. The van der Waals surface area contributed by atoms with Crippen molar-refractivity contribution in [1.82, 2.24) is 0 Å². The summed E-state index contributed by atoms with van der Waals surface area (Å²) < 4.78 is 66.9. The van der Waals surface area contributed by atoms with E-state index in [4.69, 9.17) is 0 Å². The number of allylic oxidation sites excluding steroid dienone is 1. The summed E-state index contributed by atoms with van der Waals surface area (Å²) in [5.74, 6) is -4.37. The molecule has 128 valence electrons. The summed E-state index contributed by atoms with van der Waals surface area (Å²) in [6.07, 6.45) is -2.63. The van der Waals surface area contributed by atoms with Gasteiger partial charge in [-0.1, -0.05) is 42.2 Å². The van der Waals surface area contributed by atoms with E-state index in [1.165, 1.54) is 19.9 Å². The Kier molecular flexibility index (Phi) is 7.83. The molecule has 0 heterocycles. The van der Waals surface area contributed by atoms with Crippen LogP contribution in [0.1, 0.15) is 28.2 Å². The van der Waals surface area contributed by atoms with Crippen molar-refractivity contribution in [2.75, 3.05) is 0 Å². The molecule has 0 spiro atoms. The molecule has 0 saturated carbocycles. The minimum absolute atomic E-state index is 0. The molecular weight excluding hydrogens is 366 g/mol. The second-order valence-electron chi connectivity index (χ2n) is 5.54. The van der Waals surface area contributed by atoms with E-state index in [0.29, 0.717) is 0 Å². The van der Waals surface area contributed by atoms with Gasteiger partial charge < -0.3 is 5.11 Å². The first-order chi connectivity index (χ1) is 11.1. The molecule has 0 aromatic heterocycles. The summed E-state index contributed by atoms with van der Waals surface area (Å²) in [5, 5.41) is 11.0. The predicted molar refractivity (Wildman–Crippen MR) is 79.6 cm³/mol. The number of alkyl halides is 3. The van der Waals surface area contributed by atoms with Crippen LogP contribution in [0.3, 0.4) is 0 Å². The number of hydrogen-bond donors (Lipinski definition) is 0. The summed E-state index contributed by atoms with van der Waals surface area (Å²) in [7, 11) is 0. The molecule has 0 aliphatic rings. The molecule has 0 aliphatic heterocycles. The molecule has 0 amide bonds. The van der Waals surface area contributed by atoms with Crippen LogP contribution in [0, 0.1) is 25.5 Å². The molecule has 0 radical (unpaired) electrons. The van der Waals surface area contributed by atoms with E-state index in [2.05, 4.69) is 0 Å². The van der Waals surface area contributed by atoms with Crippen molar-refractivity contribution in [3.05, 3.63) is 70.3 Å². The molecule has 2 aromatic carbocycles. The normalized spacial score (nSPS) is 12.9. The van der Waals surface area contributed by atoms with Crippen LogP contribution in [0.5, 0.6) is 5.75 Å². The second kappa shape index (κ2) is 8.77. The van der Waals surface area contributed by atoms with Gasteiger partial charge in [-0.2, -0.15) is 13.2 Å². The Balaban J connectivity index is 0.00000312. The maximum atomic E-state index is 13.6. The number of hydrogen-bond acceptors (Lipinski definition) is 1. The minimum Gasteiger partial charge on any atom is -0.870 e. The number of rotatable bonds is 3. The first kappa shape index (κ1) is 22.3. The van der Waals surface area contributed by atoms with Gasteiger partial charge in [0.2, 0.25) is 0 Å². The first-order valence-electron chi connectivity index (χ1n) is 7.07. The monoisotopic (exact) mass is 380 g/mol. The van der Waals surface area contributed by atoms with Gasteiger partial charge in [-0.15, -0.1) is 0 Å². The Hall–Kier alpha value is -0.734. The number of halogens is 5. The van der Waals surface area contributed by atoms with E-state index >= 15 is 0 Å². The van der Waals surface area contributed by atoms with Gasteiger partial charge in [-0.3, -0.25) is 0 Å². The topological polar surface area (TPSA) is 23.1 Å². The SMILES string of the molecule is Cc1cc(C(/C=C/c2ccc([O-])c(F)c2)C(F)(F)F)cc(C)c1F.[K+]. The molecular formula is C18H14F5KO. The van der Waals surface area contributed by atoms with Crippen LogP contribution in [-0.2, 0) is 0 Å². The molecule has 2 aromatic rings. The van der Waals surface area contributed by atoms with Crippen LogP contribution in [0.15, 0.2) is 36.4 Å². The Morgan fingerprint density at radius 2 is 1.56 bits per heavy atom. The first-order valence-corrected chi connectivity index (χ1v) is 7.07. The smallest absolute Gasteiger partial charge is 0.870 e. The van der Waals surface area contributed by atoms with E-state index in [9.17, 15) is 27.1 Å². The fourth-order valence-electron chi connectivity index (χ4n) is 2.40. The molecule has 1 unspecified atom stereocenters. The van der Waals surface area contributed by atoms with Crippen LogP contribution in [0.4, 0.5) is 22.0 Å². The van der Waals surface area contributed by atoms with E-state index < -0.39 is 29.5 Å². The summed E-state index contributed by atoms with van der Waals surface area (Å²) in [6, 6.07) is 5.34. The molecule has 0 saturated heterocycles. The van der Waals surface area contributed by atoms with Gasteiger partial charge in [0.1, 0.15) is 11.6 Å². The molecule has 0 fully saturated rings. The third-order valence-electron chi connectivity index (χ3n) is 3.61. The zero-order chi connectivity index (χ0) is 18.1. The third kappa shape index (κ3) is 5.62. The Labute approximate surface area is 185 Å². The van der Waals surface area contributed by atoms with Gasteiger partial charge in [0.05, 0.1) is 5.92 Å². The van der Waals surface area contributed by atoms with Crippen molar-refractivity contribution in [2.45, 2.75) is 25.9 Å². The van der Waals surface area contributed by atoms with Gasteiger partial charge >= 0.3 is 57.6 Å².